The van der Waals surface area contributed by atoms with Crippen LogP contribution in [0.15, 0.2) is 76.9 Å². The highest BCUT2D eigenvalue weighted by atomic mass is 79.9. The molecule has 3 N–H and O–H groups in total. The first-order chi connectivity index (χ1) is 18.2. The topological polar surface area (TPSA) is 117 Å². The van der Waals surface area contributed by atoms with Crippen LogP contribution in [0.3, 0.4) is 0 Å². The van der Waals surface area contributed by atoms with E-state index in [2.05, 4.69) is 31.9 Å². The number of amides is 5. The summed E-state index contributed by atoms with van der Waals surface area (Å²) in [6.07, 6.45) is 1.47. The number of anilines is 2. The second kappa shape index (κ2) is 11.7. The van der Waals surface area contributed by atoms with Gasteiger partial charge in [0, 0.05) is 11.4 Å². The first-order valence-corrected chi connectivity index (χ1v) is 12.2. The van der Waals surface area contributed by atoms with Crippen molar-refractivity contribution in [3.63, 3.8) is 0 Å². The molecule has 3 aromatic rings. The molecule has 0 spiro atoms. The summed E-state index contributed by atoms with van der Waals surface area (Å²) in [4.78, 5) is 50.3. The Balaban J connectivity index is 1.34. The average Bonchev–Trinajstić information content (AvgIpc) is 3.13. The van der Waals surface area contributed by atoms with Gasteiger partial charge in [0.2, 0.25) is 5.91 Å². The molecule has 0 aromatic heterocycles. The van der Waals surface area contributed by atoms with E-state index in [9.17, 15) is 23.6 Å². The molecule has 0 atom stereocenters. The summed E-state index contributed by atoms with van der Waals surface area (Å²) in [6, 6.07) is 16.6. The number of rotatable bonds is 8. The number of nitrogens with zero attached hydrogens (tertiary/aromatic N) is 1. The summed E-state index contributed by atoms with van der Waals surface area (Å²) < 4.78 is 19.0. The first-order valence-electron chi connectivity index (χ1n) is 11.4. The first kappa shape index (κ1) is 26.6. The summed E-state index contributed by atoms with van der Waals surface area (Å²) in [7, 11) is 0. The summed E-state index contributed by atoms with van der Waals surface area (Å²) in [5.74, 6) is -1.61. The Bertz CT molecular complexity index is 1420. The molecule has 0 aliphatic carbocycles. The molecule has 1 aliphatic heterocycles. The highest BCUT2D eigenvalue weighted by molar-refractivity contribution is 9.10. The molecule has 0 saturated carbocycles. The van der Waals surface area contributed by atoms with Gasteiger partial charge in [0.15, 0.2) is 6.61 Å². The number of carbonyl (C=O) groups is 4. The Morgan fingerprint density at radius 1 is 0.974 bits per heavy atom. The molecule has 38 heavy (non-hydrogen) atoms. The third-order valence-corrected chi connectivity index (χ3v) is 5.97. The predicted octanol–water partition coefficient (Wildman–Crippen LogP) is 4.45. The molecule has 4 rings (SSSR count). The maximum Gasteiger partial charge on any atom is 0.329 e. The van der Waals surface area contributed by atoms with Crippen molar-refractivity contribution in [1.82, 2.24) is 10.2 Å². The zero-order valence-corrected chi connectivity index (χ0v) is 21.7. The second-order valence-corrected chi connectivity index (χ2v) is 9.18. The molecule has 5 amide bonds. The third kappa shape index (κ3) is 6.83. The van der Waals surface area contributed by atoms with Crippen molar-refractivity contribution in [2.24, 2.45) is 0 Å². The minimum Gasteiger partial charge on any atom is -0.483 e. The maximum absolute atomic E-state index is 13.0. The zero-order valence-electron chi connectivity index (χ0n) is 20.1. The molecule has 0 bridgehead atoms. The van der Waals surface area contributed by atoms with Crippen molar-refractivity contribution in [3.05, 3.63) is 93.8 Å². The van der Waals surface area contributed by atoms with Gasteiger partial charge in [0.1, 0.15) is 23.8 Å². The van der Waals surface area contributed by atoms with Gasteiger partial charge < -0.3 is 20.7 Å². The fourth-order valence-corrected chi connectivity index (χ4v) is 3.97. The number of hydrogen-bond acceptors (Lipinski definition) is 5. The molecule has 1 fully saturated rings. The standard InChI is InChI=1S/C27H22BrFN4O5/c1-16-2-7-19(8-3-16)30-24(34)14-33-26(36)22(32-27(33)37)13-17-4-11-23(21(28)12-17)38-15-25(35)31-20-9-5-18(29)6-10-20/h2-13H,14-15H2,1H3,(H,30,34)(H,31,35)(H,32,37)/b22-13+. The highest BCUT2D eigenvalue weighted by Gasteiger charge is 2.35. The van der Waals surface area contributed by atoms with Crippen LogP contribution in [-0.2, 0) is 14.4 Å². The van der Waals surface area contributed by atoms with Gasteiger partial charge in [-0.15, -0.1) is 0 Å². The van der Waals surface area contributed by atoms with Crippen LogP contribution in [0.25, 0.3) is 6.08 Å². The molecule has 3 aromatic carbocycles. The molecule has 0 radical (unpaired) electrons. The molecule has 1 saturated heterocycles. The summed E-state index contributed by atoms with van der Waals surface area (Å²) in [5, 5.41) is 7.72. The number of benzene rings is 3. The maximum atomic E-state index is 13.0. The number of nitrogens with one attached hydrogen (secondary N) is 3. The van der Waals surface area contributed by atoms with E-state index in [1.54, 1.807) is 30.3 Å². The highest BCUT2D eigenvalue weighted by Crippen LogP contribution is 2.27. The summed E-state index contributed by atoms with van der Waals surface area (Å²) in [6.45, 7) is 1.19. The van der Waals surface area contributed by atoms with E-state index < -0.39 is 36.1 Å². The van der Waals surface area contributed by atoms with Gasteiger partial charge in [-0.2, -0.15) is 0 Å². The minimum atomic E-state index is -0.702. The zero-order chi connectivity index (χ0) is 27.2. The smallest absolute Gasteiger partial charge is 0.329 e. The number of halogens is 2. The van der Waals surface area contributed by atoms with Gasteiger partial charge in [0.05, 0.1) is 4.47 Å². The van der Waals surface area contributed by atoms with E-state index in [4.69, 9.17) is 4.74 Å². The number of carbonyl (C=O) groups excluding carboxylic acids is 4. The van der Waals surface area contributed by atoms with Crippen LogP contribution in [0.2, 0.25) is 0 Å². The van der Waals surface area contributed by atoms with Gasteiger partial charge in [-0.1, -0.05) is 23.8 Å². The predicted molar refractivity (Wildman–Crippen MR) is 143 cm³/mol. The molecule has 194 valence electrons. The monoisotopic (exact) mass is 580 g/mol. The van der Waals surface area contributed by atoms with Gasteiger partial charge in [0.25, 0.3) is 11.8 Å². The average molecular weight is 581 g/mol. The van der Waals surface area contributed by atoms with Gasteiger partial charge >= 0.3 is 6.03 Å². The van der Waals surface area contributed by atoms with Crippen LogP contribution in [-0.4, -0.2) is 41.8 Å². The molecule has 1 aliphatic rings. The summed E-state index contributed by atoms with van der Waals surface area (Å²) in [5.41, 5.74) is 2.60. The molecule has 0 unspecified atom stereocenters. The van der Waals surface area contributed by atoms with E-state index in [0.29, 0.717) is 27.2 Å². The largest absolute Gasteiger partial charge is 0.483 e. The Labute approximate surface area is 225 Å². The number of ether oxygens (including phenoxy) is 1. The molecular formula is C27H22BrFN4O5. The van der Waals surface area contributed by atoms with Crippen LogP contribution < -0.4 is 20.7 Å². The Morgan fingerprint density at radius 2 is 1.61 bits per heavy atom. The molecular weight excluding hydrogens is 559 g/mol. The number of hydrogen-bond donors (Lipinski definition) is 3. The van der Waals surface area contributed by atoms with Crippen molar-refractivity contribution in [2.45, 2.75) is 6.92 Å². The van der Waals surface area contributed by atoms with Crippen LogP contribution >= 0.6 is 15.9 Å². The fourth-order valence-electron chi connectivity index (χ4n) is 3.46. The van der Waals surface area contributed by atoms with E-state index in [-0.39, 0.29) is 12.3 Å². The number of urea groups is 1. The number of aryl methyl sites for hydroxylation is 1. The quantitative estimate of drug-likeness (QED) is 0.269. The van der Waals surface area contributed by atoms with Crippen LogP contribution in [0.4, 0.5) is 20.6 Å². The molecule has 1 heterocycles. The van der Waals surface area contributed by atoms with E-state index in [1.807, 2.05) is 19.1 Å². The lowest BCUT2D eigenvalue weighted by Crippen LogP contribution is -2.38. The fraction of sp³-hybridized carbons (Fsp3) is 0.111. The van der Waals surface area contributed by atoms with Crippen molar-refractivity contribution in [3.8, 4) is 5.75 Å². The lowest BCUT2D eigenvalue weighted by molar-refractivity contribution is -0.127. The van der Waals surface area contributed by atoms with Crippen LogP contribution in [0.5, 0.6) is 5.75 Å². The lowest BCUT2D eigenvalue weighted by atomic mass is 10.2. The van der Waals surface area contributed by atoms with Gasteiger partial charge in [-0.05, 0) is 83.0 Å². The Morgan fingerprint density at radius 3 is 2.26 bits per heavy atom. The van der Waals surface area contributed by atoms with Crippen molar-refractivity contribution < 1.29 is 28.3 Å². The van der Waals surface area contributed by atoms with E-state index in [0.717, 1.165) is 10.5 Å². The molecule has 11 heteroatoms. The van der Waals surface area contributed by atoms with E-state index in [1.165, 1.54) is 30.3 Å². The van der Waals surface area contributed by atoms with Crippen molar-refractivity contribution in [1.29, 1.82) is 0 Å². The normalized spacial score (nSPS) is 13.9. The van der Waals surface area contributed by atoms with Crippen LogP contribution in [0, 0.1) is 12.7 Å². The lowest BCUT2D eigenvalue weighted by Gasteiger charge is -2.12. The van der Waals surface area contributed by atoms with Crippen molar-refractivity contribution >= 4 is 57.1 Å². The second-order valence-electron chi connectivity index (χ2n) is 8.33. The minimum absolute atomic E-state index is 0.0115. The summed E-state index contributed by atoms with van der Waals surface area (Å²) >= 11 is 3.37. The van der Waals surface area contributed by atoms with Gasteiger partial charge in [-0.3, -0.25) is 14.4 Å². The Hall–Kier alpha value is -4.51. The van der Waals surface area contributed by atoms with E-state index >= 15 is 0 Å². The SMILES string of the molecule is Cc1ccc(NC(=O)CN2C(=O)N/C(=C/c3ccc(OCC(=O)Nc4ccc(F)cc4)c(Br)c3)C2=O)cc1. The molecule has 9 nitrogen and oxygen atoms in total. The van der Waals surface area contributed by atoms with Crippen molar-refractivity contribution in [2.75, 3.05) is 23.8 Å². The Kier molecular flexibility index (Phi) is 8.17. The van der Waals surface area contributed by atoms with Crippen LogP contribution in [0.1, 0.15) is 11.1 Å². The third-order valence-electron chi connectivity index (χ3n) is 5.35. The van der Waals surface area contributed by atoms with Gasteiger partial charge in [-0.25, -0.2) is 14.1 Å². The number of imide groups is 1.